The first-order chi connectivity index (χ1) is 9.09. The monoisotopic (exact) mass is 268 g/mol. The third-order valence-electron chi connectivity index (χ3n) is 3.51. The zero-order chi connectivity index (χ0) is 13.6. The molecule has 3 heteroatoms. The van der Waals surface area contributed by atoms with Gasteiger partial charge in [-0.05, 0) is 38.1 Å². The summed E-state index contributed by atoms with van der Waals surface area (Å²) >= 11 is 5.08. The van der Waals surface area contributed by atoms with Gasteiger partial charge in [0.2, 0.25) is 0 Å². The molecule has 0 saturated heterocycles. The molecule has 3 rings (SSSR count). The van der Waals surface area contributed by atoms with Crippen LogP contribution in [0.5, 0.6) is 0 Å². The number of benzene rings is 2. The van der Waals surface area contributed by atoms with E-state index in [9.17, 15) is 0 Å². The third kappa shape index (κ3) is 1.81. The highest BCUT2D eigenvalue weighted by Crippen LogP contribution is 2.32. The molecule has 0 saturated carbocycles. The molecule has 1 aromatic heterocycles. The van der Waals surface area contributed by atoms with E-state index in [0.717, 1.165) is 5.56 Å². The van der Waals surface area contributed by atoms with E-state index < -0.39 is 0 Å². The maximum Gasteiger partial charge on any atom is 0.104 e. The second-order valence-electron chi connectivity index (χ2n) is 5.08. The highest BCUT2D eigenvalue weighted by Gasteiger charge is 2.12. The van der Waals surface area contributed by atoms with Crippen LogP contribution in [0.2, 0.25) is 0 Å². The molecule has 0 aliphatic rings. The average Bonchev–Trinajstić information content (AvgIpc) is 2.72. The molecule has 0 atom stereocenters. The molecule has 0 spiro atoms. The number of para-hydroxylation sites is 1. The van der Waals surface area contributed by atoms with Gasteiger partial charge in [0, 0.05) is 33.4 Å². The predicted molar refractivity (Wildman–Crippen MR) is 85.7 cm³/mol. The van der Waals surface area contributed by atoms with Crippen LogP contribution in [0.25, 0.3) is 21.8 Å². The normalized spacial score (nSPS) is 11.5. The van der Waals surface area contributed by atoms with E-state index in [1.165, 1.54) is 21.8 Å². The predicted octanol–water partition coefficient (Wildman–Crippen LogP) is 4.01. The molecule has 2 aromatic carbocycles. The van der Waals surface area contributed by atoms with Crippen molar-refractivity contribution in [2.75, 3.05) is 0 Å². The molecule has 0 unspecified atom stereocenters. The molecule has 19 heavy (non-hydrogen) atoms. The molecular weight excluding hydrogens is 252 g/mol. The topological polar surface area (TPSA) is 30.9 Å². The summed E-state index contributed by atoms with van der Waals surface area (Å²) in [7, 11) is 0. The minimum Gasteiger partial charge on any atom is -0.389 e. The highest BCUT2D eigenvalue weighted by molar-refractivity contribution is 7.80. The second kappa shape index (κ2) is 4.35. The summed E-state index contributed by atoms with van der Waals surface area (Å²) in [5, 5.41) is 2.47. The van der Waals surface area contributed by atoms with Crippen LogP contribution in [0.3, 0.4) is 0 Å². The number of nitrogens with zero attached hydrogens (tertiary/aromatic N) is 1. The molecule has 3 aromatic rings. The second-order valence-corrected chi connectivity index (χ2v) is 5.52. The van der Waals surface area contributed by atoms with Gasteiger partial charge in [0.1, 0.15) is 4.99 Å². The van der Waals surface area contributed by atoms with Crippen molar-refractivity contribution in [3.8, 4) is 0 Å². The van der Waals surface area contributed by atoms with Gasteiger partial charge in [0.25, 0.3) is 0 Å². The number of hydrogen-bond donors (Lipinski definition) is 1. The Hall–Kier alpha value is -1.87. The molecule has 0 radical (unpaired) electrons. The zero-order valence-electron chi connectivity index (χ0n) is 11.1. The number of rotatable bonds is 2. The Morgan fingerprint density at radius 1 is 1.05 bits per heavy atom. The first-order valence-corrected chi connectivity index (χ1v) is 6.83. The maximum atomic E-state index is 5.74. The summed E-state index contributed by atoms with van der Waals surface area (Å²) in [6, 6.07) is 15.1. The van der Waals surface area contributed by atoms with Crippen molar-refractivity contribution in [3.05, 3.63) is 48.0 Å². The van der Waals surface area contributed by atoms with Crippen molar-refractivity contribution >= 4 is 39.0 Å². The van der Waals surface area contributed by atoms with Crippen LogP contribution in [0.4, 0.5) is 0 Å². The number of aromatic nitrogens is 1. The van der Waals surface area contributed by atoms with Crippen LogP contribution in [-0.2, 0) is 0 Å². The Balaban J connectivity index is 2.49. The molecule has 1 heterocycles. The fourth-order valence-corrected chi connectivity index (χ4v) is 2.84. The van der Waals surface area contributed by atoms with Crippen LogP contribution in [0.1, 0.15) is 25.5 Å². The first kappa shape index (κ1) is 12.2. The van der Waals surface area contributed by atoms with Crippen molar-refractivity contribution < 1.29 is 0 Å². The summed E-state index contributed by atoms with van der Waals surface area (Å²) in [6.07, 6.45) is 0. The lowest BCUT2D eigenvalue weighted by Gasteiger charge is -2.11. The summed E-state index contributed by atoms with van der Waals surface area (Å²) in [6.45, 7) is 4.40. The van der Waals surface area contributed by atoms with E-state index in [1.807, 2.05) is 6.07 Å². The van der Waals surface area contributed by atoms with Gasteiger partial charge in [0.15, 0.2) is 0 Å². The quantitative estimate of drug-likeness (QED) is 0.712. The SMILES string of the molecule is CC(C)n1c2ccccc2c2cc(C(N)=S)ccc21. The van der Waals surface area contributed by atoms with Crippen LogP contribution in [0, 0.1) is 0 Å². The highest BCUT2D eigenvalue weighted by atomic mass is 32.1. The summed E-state index contributed by atoms with van der Waals surface area (Å²) in [5.41, 5.74) is 9.15. The van der Waals surface area contributed by atoms with E-state index in [0.29, 0.717) is 11.0 Å². The van der Waals surface area contributed by atoms with Gasteiger partial charge >= 0.3 is 0 Å². The Labute approximate surface area is 117 Å². The van der Waals surface area contributed by atoms with Crippen molar-refractivity contribution in [2.45, 2.75) is 19.9 Å². The first-order valence-electron chi connectivity index (χ1n) is 6.42. The minimum atomic E-state index is 0.415. The van der Waals surface area contributed by atoms with E-state index in [-0.39, 0.29) is 0 Å². The molecule has 96 valence electrons. The lowest BCUT2D eigenvalue weighted by Crippen LogP contribution is -2.09. The van der Waals surface area contributed by atoms with Crippen LogP contribution in [0.15, 0.2) is 42.5 Å². The molecular formula is C16H16N2S. The molecule has 0 aliphatic carbocycles. The lowest BCUT2D eigenvalue weighted by atomic mass is 10.1. The summed E-state index contributed by atoms with van der Waals surface area (Å²) < 4.78 is 2.36. The van der Waals surface area contributed by atoms with Crippen LogP contribution in [-0.4, -0.2) is 9.56 Å². The Bertz CT molecular complexity index is 784. The van der Waals surface area contributed by atoms with Gasteiger partial charge in [-0.2, -0.15) is 0 Å². The Kier molecular flexibility index (Phi) is 2.79. The number of nitrogens with two attached hydrogens (primary N) is 1. The Morgan fingerprint density at radius 2 is 1.74 bits per heavy atom. The van der Waals surface area contributed by atoms with Crippen molar-refractivity contribution in [1.82, 2.24) is 4.57 Å². The maximum absolute atomic E-state index is 5.74. The average molecular weight is 268 g/mol. The zero-order valence-corrected chi connectivity index (χ0v) is 11.9. The summed E-state index contributed by atoms with van der Waals surface area (Å²) in [5.74, 6) is 0. The van der Waals surface area contributed by atoms with Gasteiger partial charge in [-0.3, -0.25) is 0 Å². The fourth-order valence-electron chi connectivity index (χ4n) is 2.71. The molecule has 0 aliphatic heterocycles. The smallest absolute Gasteiger partial charge is 0.104 e. The molecule has 2 N–H and O–H groups in total. The molecule has 0 amide bonds. The van der Waals surface area contributed by atoms with Gasteiger partial charge in [0.05, 0.1) is 0 Å². The minimum absolute atomic E-state index is 0.415. The van der Waals surface area contributed by atoms with Crippen molar-refractivity contribution in [3.63, 3.8) is 0 Å². The standard InChI is InChI=1S/C16H16N2S/c1-10(2)18-14-6-4-3-5-12(14)13-9-11(16(17)19)7-8-15(13)18/h3-10H,1-2H3,(H2,17,19). The molecule has 0 fully saturated rings. The number of hydrogen-bond acceptors (Lipinski definition) is 1. The number of thiocarbonyl (C=S) groups is 1. The van der Waals surface area contributed by atoms with Gasteiger partial charge in [-0.25, -0.2) is 0 Å². The van der Waals surface area contributed by atoms with E-state index in [2.05, 4.69) is 54.8 Å². The van der Waals surface area contributed by atoms with E-state index in [1.54, 1.807) is 0 Å². The van der Waals surface area contributed by atoms with Gasteiger partial charge in [-0.15, -0.1) is 0 Å². The van der Waals surface area contributed by atoms with E-state index in [4.69, 9.17) is 18.0 Å². The van der Waals surface area contributed by atoms with E-state index >= 15 is 0 Å². The summed E-state index contributed by atoms with van der Waals surface area (Å²) in [4.78, 5) is 0.447. The number of fused-ring (bicyclic) bond motifs is 3. The Morgan fingerprint density at radius 3 is 2.42 bits per heavy atom. The third-order valence-corrected chi connectivity index (χ3v) is 3.75. The lowest BCUT2D eigenvalue weighted by molar-refractivity contribution is 0.642. The van der Waals surface area contributed by atoms with Gasteiger partial charge in [-0.1, -0.05) is 30.4 Å². The van der Waals surface area contributed by atoms with Gasteiger partial charge < -0.3 is 10.3 Å². The fraction of sp³-hybridized carbons (Fsp3) is 0.188. The molecule has 0 bridgehead atoms. The van der Waals surface area contributed by atoms with Crippen molar-refractivity contribution in [1.29, 1.82) is 0 Å². The largest absolute Gasteiger partial charge is 0.389 e. The van der Waals surface area contributed by atoms with Crippen molar-refractivity contribution in [2.24, 2.45) is 5.73 Å². The molecule has 2 nitrogen and oxygen atoms in total. The van der Waals surface area contributed by atoms with Crippen LogP contribution >= 0.6 is 12.2 Å². The van der Waals surface area contributed by atoms with Crippen LogP contribution < -0.4 is 5.73 Å².